The molecule has 0 saturated heterocycles. The van der Waals surface area contributed by atoms with Crippen molar-refractivity contribution in [2.24, 2.45) is 5.73 Å². The molecule has 1 aliphatic carbocycles. The molecule has 9 nitrogen and oxygen atoms in total. The number of halogens is 2. The number of carbonyl (C=O) groups is 2. The van der Waals surface area contributed by atoms with Crippen LogP contribution >= 0.6 is 23.1 Å². The van der Waals surface area contributed by atoms with E-state index in [0.29, 0.717) is 57.6 Å². The van der Waals surface area contributed by atoms with Gasteiger partial charge < -0.3 is 15.5 Å². The molecule has 13 heteroatoms. The van der Waals surface area contributed by atoms with Crippen LogP contribution < -0.4 is 16.0 Å². The molecule has 3 N–H and O–H groups in total. The first-order chi connectivity index (χ1) is 18.3. The highest BCUT2D eigenvalue weighted by Gasteiger charge is 2.42. The van der Waals surface area contributed by atoms with E-state index in [9.17, 15) is 23.6 Å². The van der Waals surface area contributed by atoms with Crippen molar-refractivity contribution in [3.05, 3.63) is 76.2 Å². The topological polar surface area (TPSA) is 138 Å². The number of aryl methyl sites for hydroxylation is 1. The van der Waals surface area contributed by atoms with Gasteiger partial charge in [-0.15, -0.1) is 10.2 Å². The highest BCUT2D eigenvalue weighted by molar-refractivity contribution is 8.01. The monoisotopic (exact) mass is 554 g/mol. The number of aromatic nitrogens is 2. The summed E-state index contributed by atoms with van der Waals surface area (Å²) in [5, 5.41) is 21.1. The SMILES string of the molecule is Cc1ccc(C2C(C#N)=C(N)N(c3nnc(SCC(=O)Nc4ccc(F)cc4F)s3)C3=C2C(=O)CCC3)o1. The number of benzene rings is 1. The third kappa shape index (κ3) is 4.80. The lowest BCUT2D eigenvalue weighted by molar-refractivity contribution is -0.116. The minimum absolute atomic E-state index is 0.0839. The van der Waals surface area contributed by atoms with E-state index in [0.717, 1.165) is 35.2 Å². The third-order valence-electron chi connectivity index (χ3n) is 6.08. The summed E-state index contributed by atoms with van der Waals surface area (Å²) in [6.07, 6.45) is 1.51. The van der Waals surface area contributed by atoms with Gasteiger partial charge in [-0.2, -0.15) is 5.26 Å². The maximum absolute atomic E-state index is 13.8. The molecular weight excluding hydrogens is 534 g/mol. The van der Waals surface area contributed by atoms with Crippen molar-refractivity contribution >= 4 is 45.6 Å². The van der Waals surface area contributed by atoms with Gasteiger partial charge in [-0.1, -0.05) is 23.1 Å². The lowest BCUT2D eigenvalue weighted by Crippen LogP contribution is -2.38. The largest absolute Gasteiger partial charge is 0.465 e. The number of nitriles is 1. The Hall–Kier alpha value is -4.02. The number of anilines is 2. The summed E-state index contributed by atoms with van der Waals surface area (Å²) in [7, 11) is 0. The van der Waals surface area contributed by atoms with Crippen LogP contribution in [0.25, 0.3) is 0 Å². The van der Waals surface area contributed by atoms with Crippen LogP contribution in [0.5, 0.6) is 0 Å². The molecule has 0 fully saturated rings. The van der Waals surface area contributed by atoms with Crippen LogP contribution in [0.3, 0.4) is 0 Å². The zero-order valence-electron chi connectivity index (χ0n) is 20.0. The van der Waals surface area contributed by atoms with Gasteiger partial charge in [0.15, 0.2) is 10.1 Å². The molecule has 1 unspecified atom stereocenters. The maximum Gasteiger partial charge on any atom is 0.234 e. The first kappa shape index (κ1) is 25.6. The fourth-order valence-electron chi connectivity index (χ4n) is 4.45. The number of rotatable bonds is 6. The fourth-order valence-corrected chi connectivity index (χ4v) is 6.13. The van der Waals surface area contributed by atoms with E-state index in [4.69, 9.17) is 10.2 Å². The zero-order valence-corrected chi connectivity index (χ0v) is 21.6. The summed E-state index contributed by atoms with van der Waals surface area (Å²) in [6.45, 7) is 1.78. The number of nitrogens with zero attached hydrogens (tertiary/aromatic N) is 4. The van der Waals surface area contributed by atoms with Crippen molar-refractivity contribution in [2.75, 3.05) is 16.0 Å². The maximum atomic E-state index is 13.8. The predicted octanol–water partition coefficient (Wildman–Crippen LogP) is 4.75. The molecule has 2 aliphatic rings. The third-order valence-corrected chi connectivity index (χ3v) is 8.12. The molecule has 2 aromatic heterocycles. The summed E-state index contributed by atoms with van der Waals surface area (Å²) in [5.74, 6) is -1.77. The van der Waals surface area contributed by atoms with Gasteiger partial charge in [-0.05, 0) is 44.0 Å². The second kappa shape index (κ2) is 10.4. The van der Waals surface area contributed by atoms with E-state index >= 15 is 0 Å². The second-order valence-corrected chi connectivity index (χ2v) is 10.8. The van der Waals surface area contributed by atoms with Crippen LogP contribution in [0.2, 0.25) is 0 Å². The van der Waals surface area contributed by atoms with Gasteiger partial charge in [0, 0.05) is 23.8 Å². The van der Waals surface area contributed by atoms with Crippen molar-refractivity contribution in [3.8, 4) is 6.07 Å². The lowest BCUT2D eigenvalue weighted by Gasteiger charge is -2.37. The number of hydrogen-bond acceptors (Lipinski definition) is 10. The average Bonchev–Trinajstić information content (AvgIpc) is 3.53. The molecule has 5 rings (SSSR count). The summed E-state index contributed by atoms with van der Waals surface area (Å²) in [4.78, 5) is 27.0. The quantitative estimate of drug-likeness (QED) is 0.413. The second-order valence-electron chi connectivity index (χ2n) is 8.58. The number of ketones is 1. The Bertz CT molecular complexity index is 1550. The molecule has 3 heterocycles. The highest BCUT2D eigenvalue weighted by Crippen LogP contribution is 2.47. The molecule has 38 heavy (non-hydrogen) atoms. The molecule has 1 aliphatic heterocycles. The number of nitrogens with two attached hydrogens (primary N) is 1. The zero-order chi connectivity index (χ0) is 27.0. The van der Waals surface area contributed by atoms with E-state index < -0.39 is 23.5 Å². The van der Waals surface area contributed by atoms with E-state index in [2.05, 4.69) is 21.6 Å². The molecule has 0 spiro atoms. The normalized spacial score (nSPS) is 17.5. The smallest absolute Gasteiger partial charge is 0.234 e. The van der Waals surface area contributed by atoms with Crippen LogP contribution in [-0.2, 0) is 9.59 Å². The van der Waals surface area contributed by atoms with Crippen molar-refractivity contribution in [1.29, 1.82) is 5.26 Å². The van der Waals surface area contributed by atoms with Crippen molar-refractivity contribution in [3.63, 3.8) is 0 Å². The summed E-state index contributed by atoms with van der Waals surface area (Å²) < 4.78 is 33.1. The van der Waals surface area contributed by atoms with Gasteiger partial charge in [0.1, 0.15) is 29.0 Å². The molecule has 194 valence electrons. The Morgan fingerprint density at radius 2 is 2.13 bits per heavy atom. The van der Waals surface area contributed by atoms with Gasteiger partial charge in [0.2, 0.25) is 11.0 Å². The average molecular weight is 555 g/mol. The van der Waals surface area contributed by atoms with Crippen LogP contribution in [-0.4, -0.2) is 27.6 Å². The van der Waals surface area contributed by atoms with Gasteiger partial charge >= 0.3 is 0 Å². The molecule has 3 aromatic rings. The van der Waals surface area contributed by atoms with Gasteiger partial charge in [0.05, 0.1) is 29.0 Å². The Morgan fingerprint density at radius 3 is 2.84 bits per heavy atom. The van der Waals surface area contributed by atoms with Crippen LogP contribution in [0, 0.1) is 29.9 Å². The van der Waals surface area contributed by atoms with Gasteiger partial charge in [0.25, 0.3) is 0 Å². The summed E-state index contributed by atoms with van der Waals surface area (Å²) >= 11 is 2.21. The fraction of sp³-hybridized carbons (Fsp3) is 0.240. The minimum atomic E-state index is -0.878. The molecule has 1 amide bonds. The van der Waals surface area contributed by atoms with Crippen molar-refractivity contribution in [1.82, 2.24) is 10.2 Å². The Kier molecular flexibility index (Phi) is 7.00. The van der Waals surface area contributed by atoms with E-state index in [-0.39, 0.29) is 28.6 Å². The summed E-state index contributed by atoms with van der Waals surface area (Å²) in [5.41, 5.74) is 7.65. The number of Topliss-reactive ketones (excluding diaryl/α,β-unsaturated/α-hetero) is 1. The van der Waals surface area contributed by atoms with Crippen molar-refractivity contribution < 1.29 is 22.8 Å². The lowest BCUT2D eigenvalue weighted by atomic mass is 9.78. The predicted molar refractivity (Wildman–Crippen MR) is 137 cm³/mol. The first-order valence-corrected chi connectivity index (χ1v) is 13.3. The van der Waals surface area contributed by atoms with Crippen LogP contribution in [0.4, 0.5) is 19.6 Å². The van der Waals surface area contributed by atoms with Gasteiger partial charge in [-0.3, -0.25) is 14.5 Å². The van der Waals surface area contributed by atoms with Gasteiger partial charge in [-0.25, -0.2) is 8.78 Å². The van der Waals surface area contributed by atoms with E-state index in [1.807, 2.05) is 0 Å². The number of furan rings is 1. The number of nitrogens with one attached hydrogen (secondary N) is 1. The number of amides is 1. The van der Waals surface area contributed by atoms with Crippen LogP contribution in [0.15, 0.2) is 61.8 Å². The van der Waals surface area contributed by atoms with Crippen molar-refractivity contribution in [2.45, 2.75) is 36.4 Å². The molecular formula is C25H20F2N6O3S2. The molecule has 1 aromatic carbocycles. The standard InChI is InChI=1S/C25H20F2N6O3S2/c1-12-5-8-19(36-12)21-14(10-28)23(29)33(17-3-2-4-18(34)22(17)21)24-31-32-25(38-24)37-11-20(35)30-16-7-6-13(26)9-15(16)27/h5-9,21H,2-4,11,29H2,1H3,(H,30,35). The molecule has 1 atom stereocenters. The highest BCUT2D eigenvalue weighted by atomic mass is 32.2. The van der Waals surface area contributed by atoms with Crippen LogP contribution in [0.1, 0.15) is 36.7 Å². The number of carbonyl (C=O) groups excluding carboxylic acids is 2. The molecule has 0 radical (unpaired) electrons. The first-order valence-electron chi connectivity index (χ1n) is 11.5. The Labute approximate surface area is 224 Å². The molecule has 0 bridgehead atoms. The van der Waals surface area contributed by atoms with E-state index in [1.54, 1.807) is 24.0 Å². The van der Waals surface area contributed by atoms with E-state index in [1.165, 1.54) is 0 Å². The number of thioether (sulfide) groups is 1. The number of hydrogen-bond donors (Lipinski definition) is 2. The number of allylic oxidation sites excluding steroid dienone is 3. The Morgan fingerprint density at radius 1 is 1.32 bits per heavy atom. The molecule has 0 saturated carbocycles. The Balaban J connectivity index is 1.40. The minimum Gasteiger partial charge on any atom is -0.465 e. The summed E-state index contributed by atoms with van der Waals surface area (Å²) in [6, 6.07) is 8.54.